The van der Waals surface area contributed by atoms with E-state index < -0.39 is 0 Å². The fourth-order valence-corrected chi connectivity index (χ4v) is 2.54. The van der Waals surface area contributed by atoms with Crippen molar-refractivity contribution in [2.24, 2.45) is 17.1 Å². The lowest BCUT2D eigenvalue weighted by molar-refractivity contribution is -0.123. The Morgan fingerprint density at radius 2 is 1.90 bits per heavy atom. The molecule has 0 bridgehead atoms. The molecule has 0 aliphatic heterocycles. The minimum Gasteiger partial charge on any atom is -0.330 e. The molecule has 0 heterocycles. The first-order valence-corrected chi connectivity index (χ1v) is 7.37. The first-order valence-electron chi connectivity index (χ1n) is 7.37. The summed E-state index contributed by atoms with van der Waals surface area (Å²) in [5, 5.41) is 0. The minimum absolute atomic E-state index is 0.102. The highest BCUT2D eigenvalue weighted by Crippen LogP contribution is 2.27. The monoisotopic (exact) mass is 276 g/mol. The van der Waals surface area contributed by atoms with E-state index in [1.54, 1.807) is 0 Å². The molecule has 112 valence electrons. The van der Waals surface area contributed by atoms with E-state index in [0.717, 1.165) is 17.7 Å². The number of para-hydroxylation sites is 1. The molecule has 0 spiro atoms. The van der Waals surface area contributed by atoms with Crippen LogP contribution in [0.25, 0.3) is 0 Å². The van der Waals surface area contributed by atoms with Crippen LogP contribution in [0.5, 0.6) is 0 Å². The number of anilines is 1. The quantitative estimate of drug-likeness (QED) is 0.896. The van der Waals surface area contributed by atoms with Crippen LogP contribution < -0.4 is 10.6 Å². The molecule has 20 heavy (non-hydrogen) atoms. The van der Waals surface area contributed by atoms with E-state index in [1.165, 1.54) is 0 Å². The fourth-order valence-electron chi connectivity index (χ4n) is 2.54. The molecule has 0 aromatic heterocycles. The van der Waals surface area contributed by atoms with Crippen molar-refractivity contribution >= 4 is 11.6 Å². The highest BCUT2D eigenvalue weighted by atomic mass is 16.2. The first-order chi connectivity index (χ1) is 9.30. The van der Waals surface area contributed by atoms with Gasteiger partial charge >= 0.3 is 0 Å². The van der Waals surface area contributed by atoms with Crippen LogP contribution in [0.2, 0.25) is 0 Å². The van der Waals surface area contributed by atoms with Crippen LogP contribution in [0.1, 0.15) is 39.7 Å². The second-order valence-electron chi connectivity index (χ2n) is 6.57. The highest BCUT2D eigenvalue weighted by molar-refractivity contribution is 5.95. The summed E-state index contributed by atoms with van der Waals surface area (Å²) in [4.78, 5) is 14.6. The van der Waals surface area contributed by atoms with Crippen molar-refractivity contribution < 1.29 is 4.79 Å². The number of amides is 1. The highest BCUT2D eigenvalue weighted by Gasteiger charge is 2.28. The summed E-state index contributed by atoms with van der Waals surface area (Å²) in [6, 6.07) is 8.00. The standard InChI is InChI=1S/C17H28N2O/c1-6-19(15-10-8-7-9-13(15)2)16(20)14(12-18)11-17(3,4)5/h7-10,14H,6,11-12,18H2,1-5H3. The first kappa shape index (κ1) is 16.7. The van der Waals surface area contributed by atoms with E-state index in [4.69, 9.17) is 5.73 Å². The van der Waals surface area contributed by atoms with Gasteiger partial charge in [-0.05, 0) is 37.3 Å². The molecule has 0 fully saturated rings. The van der Waals surface area contributed by atoms with Gasteiger partial charge in [0.05, 0.1) is 5.92 Å². The number of aryl methyl sites for hydroxylation is 1. The van der Waals surface area contributed by atoms with Gasteiger partial charge in [0.2, 0.25) is 5.91 Å². The van der Waals surface area contributed by atoms with Gasteiger partial charge in [0.15, 0.2) is 0 Å². The van der Waals surface area contributed by atoms with Crippen LogP contribution in [0.4, 0.5) is 5.69 Å². The van der Waals surface area contributed by atoms with Crippen molar-refractivity contribution in [1.29, 1.82) is 0 Å². The number of rotatable bonds is 5. The topological polar surface area (TPSA) is 46.3 Å². The smallest absolute Gasteiger partial charge is 0.231 e. The molecular weight excluding hydrogens is 248 g/mol. The molecule has 1 amide bonds. The molecule has 0 saturated carbocycles. The molecule has 3 heteroatoms. The Kier molecular flexibility index (Phi) is 5.75. The molecule has 1 aromatic carbocycles. The number of carbonyl (C=O) groups excluding carboxylic acids is 1. The zero-order valence-electron chi connectivity index (χ0n) is 13.4. The number of carbonyl (C=O) groups is 1. The van der Waals surface area contributed by atoms with Gasteiger partial charge in [-0.1, -0.05) is 39.0 Å². The van der Waals surface area contributed by atoms with Crippen molar-refractivity contribution in [2.45, 2.75) is 41.0 Å². The van der Waals surface area contributed by atoms with Crippen molar-refractivity contribution in [3.8, 4) is 0 Å². The Hall–Kier alpha value is -1.35. The van der Waals surface area contributed by atoms with Crippen molar-refractivity contribution in [3.63, 3.8) is 0 Å². The predicted molar refractivity (Wildman–Crippen MR) is 85.8 cm³/mol. The Morgan fingerprint density at radius 1 is 1.30 bits per heavy atom. The minimum atomic E-state index is -0.116. The second kappa shape index (κ2) is 6.89. The molecule has 1 atom stereocenters. The van der Waals surface area contributed by atoms with Crippen LogP contribution >= 0.6 is 0 Å². The van der Waals surface area contributed by atoms with E-state index in [0.29, 0.717) is 13.1 Å². The third-order valence-corrected chi connectivity index (χ3v) is 3.48. The molecule has 1 unspecified atom stereocenters. The van der Waals surface area contributed by atoms with Crippen LogP contribution in [0.3, 0.4) is 0 Å². The van der Waals surface area contributed by atoms with E-state index in [-0.39, 0.29) is 17.2 Å². The number of nitrogens with zero attached hydrogens (tertiary/aromatic N) is 1. The van der Waals surface area contributed by atoms with Gasteiger partial charge in [0, 0.05) is 18.8 Å². The van der Waals surface area contributed by atoms with Crippen LogP contribution in [-0.4, -0.2) is 19.0 Å². The molecule has 0 saturated heterocycles. The van der Waals surface area contributed by atoms with Crippen molar-refractivity contribution in [3.05, 3.63) is 29.8 Å². The average Bonchev–Trinajstić information content (AvgIpc) is 2.37. The van der Waals surface area contributed by atoms with Crippen molar-refractivity contribution in [1.82, 2.24) is 0 Å². The average molecular weight is 276 g/mol. The van der Waals surface area contributed by atoms with Crippen LogP contribution in [0, 0.1) is 18.3 Å². The van der Waals surface area contributed by atoms with Gasteiger partial charge < -0.3 is 10.6 Å². The van der Waals surface area contributed by atoms with Crippen molar-refractivity contribution in [2.75, 3.05) is 18.0 Å². The summed E-state index contributed by atoms with van der Waals surface area (Å²) < 4.78 is 0. The van der Waals surface area contributed by atoms with E-state index >= 15 is 0 Å². The summed E-state index contributed by atoms with van der Waals surface area (Å²) in [7, 11) is 0. The second-order valence-corrected chi connectivity index (χ2v) is 6.57. The summed E-state index contributed by atoms with van der Waals surface area (Å²) >= 11 is 0. The molecule has 0 aliphatic carbocycles. The number of nitrogens with two attached hydrogens (primary N) is 1. The Labute approximate surface area is 123 Å². The van der Waals surface area contributed by atoms with Gasteiger partial charge in [-0.15, -0.1) is 0 Å². The molecule has 0 aliphatic rings. The third kappa shape index (κ3) is 4.34. The summed E-state index contributed by atoms with van der Waals surface area (Å²) in [6.45, 7) is 11.6. The molecule has 0 radical (unpaired) electrons. The molecule has 3 nitrogen and oxygen atoms in total. The van der Waals surface area contributed by atoms with E-state index in [1.807, 2.05) is 43.0 Å². The maximum absolute atomic E-state index is 12.8. The Balaban J connectivity index is 2.99. The van der Waals surface area contributed by atoms with Crippen LogP contribution in [0.15, 0.2) is 24.3 Å². The zero-order valence-corrected chi connectivity index (χ0v) is 13.4. The number of benzene rings is 1. The van der Waals surface area contributed by atoms with E-state index in [9.17, 15) is 4.79 Å². The lowest BCUT2D eigenvalue weighted by Gasteiger charge is -2.30. The fraction of sp³-hybridized carbons (Fsp3) is 0.588. The van der Waals surface area contributed by atoms with Gasteiger partial charge in [0.1, 0.15) is 0 Å². The zero-order chi connectivity index (χ0) is 15.3. The van der Waals surface area contributed by atoms with E-state index in [2.05, 4.69) is 20.8 Å². The predicted octanol–water partition coefficient (Wildman–Crippen LogP) is 3.36. The van der Waals surface area contributed by atoms with Gasteiger partial charge in [-0.3, -0.25) is 4.79 Å². The van der Waals surface area contributed by atoms with Gasteiger partial charge in [0.25, 0.3) is 0 Å². The molecule has 2 N–H and O–H groups in total. The lowest BCUT2D eigenvalue weighted by Crippen LogP contribution is -2.41. The van der Waals surface area contributed by atoms with Gasteiger partial charge in [-0.25, -0.2) is 0 Å². The van der Waals surface area contributed by atoms with Gasteiger partial charge in [-0.2, -0.15) is 0 Å². The molecule has 1 aromatic rings. The largest absolute Gasteiger partial charge is 0.330 e. The van der Waals surface area contributed by atoms with Crippen LogP contribution in [-0.2, 0) is 4.79 Å². The number of hydrogen-bond acceptors (Lipinski definition) is 2. The Bertz CT molecular complexity index is 449. The number of hydrogen-bond donors (Lipinski definition) is 1. The summed E-state index contributed by atoms with van der Waals surface area (Å²) in [6.07, 6.45) is 0.810. The maximum atomic E-state index is 12.8. The summed E-state index contributed by atoms with van der Waals surface area (Å²) in [5.41, 5.74) is 8.06. The third-order valence-electron chi connectivity index (χ3n) is 3.48. The Morgan fingerprint density at radius 3 is 2.35 bits per heavy atom. The lowest BCUT2D eigenvalue weighted by atomic mass is 9.84. The normalized spacial score (nSPS) is 13.1. The molecular formula is C17H28N2O. The maximum Gasteiger partial charge on any atom is 0.231 e. The molecule has 1 rings (SSSR count). The summed E-state index contributed by atoms with van der Waals surface area (Å²) in [5.74, 6) is 0.0220. The SMILES string of the molecule is CCN(C(=O)C(CN)CC(C)(C)C)c1ccccc1C.